The van der Waals surface area contributed by atoms with Gasteiger partial charge in [0, 0.05) is 25.3 Å². The largest absolute Gasteiger partial charge is 0.311 e. The second-order valence-electron chi connectivity index (χ2n) is 8.61. The number of anilines is 1. The molecule has 0 saturated carbocycles. The summed E-state index contributed by atoms with van der Waals surface area (Å²) in [6.07, 6.45) is 3.53. The van der Waals surface area contributed by atoms with E-state index in [1.54, 1.807) is 27.4 Å². The molecule has 176 valence electrons. The molecule has 9 nitrogen and oxygen atoms in total. The Morgan fingerprint density at radius 2 is 1.88 bits per heavy atom. The van der Waals surface area contributed by atoms with Crippen molar-refractivity contribution in [2.75, 3.05) is 30.3 Å². The zero-order valence-corrected chi connectivity index (χ0v) is 20.1. The summed E-state index contributed by atoms with van der Waals surface area (Å²) in [6, 6.07) is 13.0. The Kier molecular flexibility index (Phi) is 5.34. The zero-order valence-electron chi connectivity index (χ0n) is 18.5. The van der Waals surface area contributed by atoms with Gasteiger partial charge in [0.1, 0.15) is 0 Å². The second kappa shape index (κ2) is 8.40. The highest BCUT2D eigenvalue weighted by Crippen LogP contribution is 2.33. The van der Waals surface area contributed by atoms with Crippen LogP contribution in [0.3, 0.4) is 0 Å². The van der Waals surface area contributed by atoms with Gasteiger partial charge in [0.2, 0.25) is 21.7 Å². The van der Waals surface area contributed by atoms with Gasteiger partial charge in [0.15, 0.2) is 5.16 Å². The van der Waals surface area contributed by atoms with E-state index in [2.05, 4.69) is 15.2 Å². The molecule has 1 amide bonds. The molecule has 4 heterocycles. The van der Waals surface area contributed by atoms with E-state index in [-0.39, 0.29) is 11.7 Å². The van der Waals surface area contributed by atoms with Crippen LogP contribution in [0.5, 0.6) is 0 Å². The summed E-state index contributed by atoms with van der Waals surface area (Å²) in [4.78, 5) is 19.7. The molecule has 0 aliphatic carbocycles. The molecular formula is C23H24N6O3S2. The molecule has 0 bridgehead atoms. The maximum atomic E-state index is 13.1. The van der Waals surface area contributed by atoms with Crippen molar-refractivity contribution in [2.45, 2.75) is 35.7 Å². The molecule has 0 radical (unpaired) electrons. The van der Waals surface area contributed by atoms with Crippen molar-refractivity contribution in [3.8, 4) is 0 Å². The molecule has 1 saturated heterocycles. The number of hydrogen-bond donors (Lipinski definition) is 1. The summed E-state index contributed by atoms with van der Waals surface area (Å²) in [5.41, 5.74) is 3.51. The topological polar surface area (TPSA) is 104 Å². The van der Waals surface area contributed by atoms with Gasteiger partial charge in [0.05, 0.1) is 21.7 Å². The molecule has 6 rings (SSSR count). The van der Waals surface area contributed by atoms with Crippen LogP contribution in [0.25, 0.3) is 16.8 Å². The third kappa shape index (κ3) is 3.58. The number of nitrogens with zero attached hydrogens (tertiary/aromatic N) is 5. The lowest BCUT2D eigenvalue weighted by Gasteiger charge is -2.26. The summed E-state index contributed by atoms with van der Waals surface area (Å²) in [5.74, 6) is 0.834. The predicted octanol–water partition coefficient (Wildman–Crippen LogP) is 3.07. The van der Waals surface area contributed by atoms with Gasteiger partial charge in [-0.15, -0.1) is 5.10 Å². The number of thioether (sulfide) groups is 1. The highest BCUT2D eigenvalue weighted by Gasteiger charge is 2.30. The van der Waals surface area contributed by atoms with Crippen molar-refractivity contribution >= 4 is 50.2 Å². The summed E-state index contributed by atoms with van der Waals surface area (Å²) in [6.45, 7) is 1.70. The minimum absolute atomic E-state index is 0.0315. The highest BCUT2D eigenvalue weighted by atomic mass is 32.2. The number of piperidine rings is 1. The Bertz CT molecular complexity index is 1500. The fourth-order valence-corrected chi connectivity index (χ4v) is 7.20. The standard InChI is InChI=1S/C23H24N6O3S2/c30-21(15-33-23-26-25-22-24-18-6-2-3-7-20(18)29(22)23)28-13-10-16-14-17(8-9-19(16)28)34(31,32)27-11-4-1-5-12-27/h2-3,6-9,14H,1,4-5,10-13,15H2,(H,24,25). The van der Waals surface area contributed by atoms with Crippen LogP contribution in [-0.2, 0) is 21.2 Å². The molecule has 0 spiro atoms. The monoisotopic (exact) mass is 496 g/mol. The average Bonchev–Trinajstić information content (AvgIpc) is 3.56. The molecule has 2 aliphatic rings. The number of carbonyl (C=O) groups excluding carboxylic acids is 1. The van der Waals surface area contributed by atoms with E-state index in [0.717, 1.165) is 41.5 Å². The smallest absolute Gasteiger partial charge is 0.243 e. The molecule has 1 N–H and O–H groups in total. The maximum absolute atomic E-state index is 13.1. The van der Waals surface area contributed by atoms with Gasteiger partial charge in [-0.1, -0.05) is 30.3 Å². The molecule has 0 atom stereocenters. The quantitative estimate of drug-likeness (QED) is 0.426. The first-order valence-corrected chi connectivity index (χ1v) is 13.8. The van der Waals surface area contributed by atoms with Gasteiger partial charge >= 0.3 is 0 Å². The van der Waals surface area contributed by atoms with Crippen LogP contribution in [-0.4, -0.2) is 63.6 Å². The molecule has 2 aliphatic heterocycles. The SMILES string of the molecule is O=C(CSc1n[nH]c2nc3ccccc3n12)N1CCc2cc(S(=O)(=O)N3CCCCC3)ccc21. The van der Waals surface area contributed by atoms with Crippen molar-refractivity contribution in [1.82, 2.24) is 23.9 Å². The molecule has 0 unspecified atom stereocenters. The normalized spacial score (nSPS) is 17.0. The van der Waals surface area contributed by atoms with E-state index in [0.29, 0.717) is 41.9 Å². The van der Waals surface area contributed by atoms with E-state index in [4.69, 9.17) is 0 Å². The Hall–Kier alpha value is -2.89. The van der Waals surface area contributed by atoms with Crippen LogP contribution >= 0.6 is 11.8 Å². The minimum atomic E-state index is -3.49. The van der Waals surface area contributed by atoms with Crippen LogP contribution in [0, 0.1) is 0 Å². The number of para-hydroxylation sites is 2. The molecule has 34 heavy (non-hydrogen) atoms. The maximum Gasteiger partial charge on any atom is 0.243 e. The second-order valence-corrected chi connectivity index (χ2v) is 11.5. The Labute approximate surface area is 201 Å². The fraction of sp³-hybridized carbons (Fsp3) is 0.348. The van der Waals surface area contributed by atoms with Crippen LogP contribution in [0.4, 0.5) is 5.69 Å². The predicted molar refractivity (Wildman–Crippen MR) is 131 cm³/mol. The number of amides is 1. The number of imidazole rings is 1. The number of sulfonamides is 1. The Morgan fingerprint density at radius 1 is 1.06 bits per heavy atom. The molecular weight excluding hydrogens is 472 g/mol. The fourth-order valence-electron chi connectivity index (χ4n) is 4.80. The lowest BCUT2D eigenvalue weighted by molar-refractivity contribution is -0.116. The molecule has 1 fully saturated rings. The average molecular weight is 497 g/mol. The van der Waals surface area contributed by atoms with E-state index in [1.807, 2.05) is 28.7 Å². The van der Waals surface area contributed by atoms with Crippen molar-refractivity contribution in [3.05, 3.63) is 48.0 Å². The zero-order chi connectivity index (χ0) is 23.3. The van der Waals surface area contributed by atoms with Crippen molar-refractivity contribution < 1.29 is 13.2 Å². The number of benzene rings is 2. The summed E-state index contributed by atoms with van der Waals surface area (Å²) < 4.78 is 29.6. The first kappa shape index (κ1) is 21.6. The summed E-state index contributed by atoms with van der Waals surface area (Å²) >= 11 is 1.36. The van der Waals surface area contributed by atoms with E-state index in [9.17, 15) is 13.2 Å². The van der Waals surface area contributed by atoms with E-state index >= 15 is 0 Å². The number of aromatic amines is 1. The summed E-state index contributed by atoms with van der Waals surface area (Å²) in [7, 11) is -3.49. The van der Waals surface area contributed by atoms with Crippen LogP contribution in [0.15, 0.2) is 52.5 Å². The lowest BCUT2D eigenvalue weighted by Crippen LogP contribution is -2.35. The lowest BCUT2D eigenvalue weighted by atomic mass is 10.2. The molecule has 11 heteroatoms. The van der Waals surface area contributed by atoms with Crippen LogP contribution < -0.4 is 4.90 Å². The highest BCUT2D eigenvalue weighted by molar-refractivity contribution is 7.99. The Morgan fingerprint density at radius 3 is 2.74 bits per heavy atom. The van der Waals surface area contributed by atoms with Crippen LogP contribution in [0.2, 0.25) is 0 Å². The van der Waals surface area contributed by atoms with Crippen molar-refractivity contribution in [1.29, 1.82) is 0 Å². The van der Waals surface area contributed by atoms with Crippen molar-refractivity contribution in [3.63, 3.8) is 0 Å². The number of fused-ring (bicyclic) bond motifs is 4. The van der Waals surface area contributed by atoms with Gasteiger partial charge in [-0.3, -0.25) is 9.20 Å². The summed E-state index contributed by atoms with van der Waals surface area (Å²) in [5, 5.41) is 7.94. The number of rotatable bonds is 5. The molecule has 2 aromatic carbocycles. The first-order valence-electron chi connectivity index (χ1n) is 11.4. The van der Waals surface area contributed by atoms with E-state index < -0.39 is 10.0 Å². The Balaban J connectivity index is 1.19. The number of hydrogen-bond acceptors (Lipinski definition) is 6. The van der Waals surface area contributed by atoms with Gasteiger partial charge in [-0.05, 0) is 55.2 Å². The van der Waals surface area contributed by atoms with Gasteiger partial charge in [-0.2, -0.15) is 4.31 Å². The molecule has 4 aromatic rings. The van der Waals surface area contributed by atoms with Gasteiger partial charge in [-0.25, -0.2) is 18.5 Å². The van der Waals surface area contributed by atoms with Crippen molar-refractivity contribution in [2.24, 2.45) is 0 Å². The number of carbonyl (C=O) groups is 1. The number of nitrogens with one attached hydrogen (secondary N) is 1. The van der Waals surface area contributed by atoms with Gasteiger partial charge in [0.25, 0.3) is 0 Å². The van der Waals surface area contributed by atoms with Crippen LogP contribution in [0.1, 0.15) is 24.8 Å². The van der Waals surface area contributed by atoms with E-state index in [1.165, 1.54) is 11.8 Å². The van der Waals surface area contributed by atoms with Gasteiger partial charge < -0.3 is 4.90 Å². The number of aromatic nitrogens is 4. The third-order valence-corrected chi connectivity index (χ3v) is 9.35. The third-order valence-electron chi connectivity index (χ3n) is 6.53. The molecule has 2 aromatic heterocycles. The first-order chi connectivity index (χ1) is 16.5. The number of H-pyrrole nitrogens is 1. The minimum Gasteiger partial charge on any atom is -0.311 e.